The first-order valence-corrected chi connectivity index (χ1v) is 6.22. The van der Waals surface area contributed by atoms with E-state index in [9.17, 15) is 17.6 Å². The van der Waals surface area contributed by atoms with Crippen molar-refractivity contribution in [3.8, 4) is 11.5 Å². The predicted octanol–water partition coefficient (Wildman–Crippen LogP) is 2.71. The quantitative estimate of drug-likeness (QED) is 0.866. The summed E-state index contributed by atoms with van der Waals surface area (Å²) in [6, 6.07) is 6.36. The minimum atomic E-state index is -4.96. The Kier molecular flexibility index (Phi) is 3.21. The Bertz CT molecular complexity index is 720. The average molecular weight is 314 g/mol. The zero-order valence-electron chi connectivity index (χ0n) is 11.0. The predicted molar refractivity (Wildman–Crippen MR) is 67.8 cm³/mol. The number of fused-ring (bicyclic) bond motifs is 1. The first-order valence-electron chi connectivity index (χ1n) is 6.22. The van der Waals surface area contributed by atoms with Gasteiger partial charge in [0, 0.05) is 6.20 Å². The third-order valence-electron chi connectivity index (χ3n) is 3.32. The third-order valence-corrected chi connectivity index (χ3v) is 3.32. The van der Waals surface area contributed by atoms with E-state index in [2.05, 4.69) is 9.72 Å². The molecule has 0 saturated heterocycles. The molecule has 1 aliphatic rings. The van der Waals surface area contributed by atoms with E-state index < -0.39 is 23.5 Å². The number of hydrogen-bond donors (Lipinski definition) is 1. The summed E-state index contributed by atoms with van der Waals surface area (Å²) >= 11 is 0. The molecule has 22 heavy (non-hydrogen) atoms. The van der Waals surface area contributed by atoms with Crippen LogP contribution in [0, 0.1) is 5.82 Å². The molecule has 4 nitrogen and oxygen atoms in total. The molecule has 0 amide bonds. The molecule has 116 valence electrons. The van der Waals surface area contributed by atoms with Gasteiger partial charge >= 0.3 is 6.36 Å². The SMILES string of the molecule is NC1(c2ccc(OC(F)(F)F)c(F)c2)COc2cccnc21. The lowest BCUT2D eigenvalue weighted by atomic mass is 9.89. The van der Waals surface area contributed by atoms with Gasteiger partial charge in [0.05, 0.1) is 0 Å². The highest BCUT2D eigenvalue weighted by atomic mass is 19.4. The maximum absolute atomic E-state index is 13.8. The summed E-state index contributed by atoms with van der Waals surface area (Å²) in [4.78, 5) is 4.12. The van der Waals surface area contributed by atoms with E-state index in [4.69, 9.17) is 10.5 Å². The Hall–Kier alpha value is -2.35. The largest absolute Gasteiger partial charge is 0.573 e. The van der Waals surface area contributed by atoms with Gasteiger partial charge in [-0.3, -0.25) is 4.98 Å². The van der Waals surface area contributed by atoms with Gasteiger partial charge in [0.2, 0.25) is 0 Å². The lowest BCUT2D eigenvalue weighted by Gasteiger charge is -2.22. The van der Waals surface area contributed by atoms with Gasteiger partial charge in [0.1, 0.15) is 23.6 Å². The second-order valence-electron chi connectivity index (χ2n) is 4.80. The van der Waals surface area contributed by atoms with Crippen molar-refractivity contribution < 1.29 is 27.0 Å². The van der Waals surface area contributed by atoms with E-state index in [0.29, 0.717) is 11.4 Å². The second kappa shape index (κ2) is 4.84. The van der Waals surface area contributed by atoms with Gasteiger partial charge in [-0.05, 0) is 29.8 Å². The van der Waals surface area contributed by atoms with Crippen LogP contribution in [0.25, 0.3) is 0 Å². The Morgan fingerprint density at radius 2 is 2.05 bits per heavy atom. The van der Waals surface area contributed by atoms with Gasteiger partial charge in [-0.2, -0.15) is 0 Å². The second-order valence-corrected chi connectivity index (χ2v) is 4.80. The summed E-state index contributed by atoms with van der Waals surface area (Å²) in [6.45, 7) is 0.0122. The maximum Gasteiger partial charge on any atom is 0.573 e. The molecule has 8 heteroatoms. The summed E-state index contributed by atoms with van der Waals surface area (Å²) in [5.41, 5.74) is 5.64. The van der Waals surface area contributed by atoms with Crippen molar-refractivity contribution in [1.29, 1.82) is 0 Å². The fraction of sp³-hybridized carbons (Fsp3) is 0.214. The van der Waals surface area contributed by atoms with Gasteiger partial charge < -0.3 is 15.2 Å². The smallest absolute Gasteiger partial charge is 0.489 e. The van der Waals surface area contributed by atoms with E-state index in [-0.39, 0.29) is 12.2 Å². The highest BCUT2D eigenvalue weighted by Crippen LogP contribution is 2.39. The van der Waals surface area contributed by atoms with Crippen molar-refractivity contribution in [2.75, 3.05) is 6.61 Å². The number of nitrogens with two attached hydrogens (primary N) is 1. The number of ether oxygens (including phenoxy) is 2. The number of alkyl halides is 3. The highest BCUT2D eigenvalue weighted by Gasteiger charge is 2.41. The van der Waals surface area contributed by atoms with E-state index >= 15 is 0 Å². The molecule has 0 saturated carbocycles. The van der Waals surface area contributed by atoms with Gasteiger partial charge in [0.25, 0.3) is 0 Å². The van der Waals surface area contributed by atoms with Crippen LogP contribution in [0.4, 0.5) is 17.6 Å². The van der Waals surface area contributed by atoms with Crippen molar-refractivity contribution in [2.45, 2.75) is 11.9 Å². The lowest BCUT2D eigenvalue weighted by Crippen LogP contribution is -2.40. The van der Waals surface area contributed by atoms with Crippen LogP contribution >= 0.6 is 0 Å². The van der Waals surface area contributed by atoms with Crippen LogP contribution in [0.15, 0.2) is 36.5 Å². The molecular formula is C14H10F4N2O2. The molecule has 1 aromatic carbocycles. The molecule has 0 bridgehead atoms. The number of benzene rings is 1. The fourth-order valence-corrected chi connectivity index (χ4v) is 2.31. The minimum Gasteiger partial charge on any atom is -0.489 e. The van der Waals surface area contributed by atoms with E-state index in [0.717, 1.165) is 12.1 Å². The Labute approximate surface area is 122 Å². The normalized spacial score (nSPS) is 20.4. The average Bonchev–Trinajstić information content (AvgIpc) is 2.79. The number of aromatic nitrogens is 1. The molecule has 2 aromatic rings. The van der Waals surface area contributed by atoms with E-state index in [1.54, 1.807) is 12.1 Å². The van der Waals surface area contributed by atoms with Crippen molar-refractivity contribution >= 4 is 0 Å². The Balaban J connectivity index is 1.98. The monoisotopic (exact) mass is 314 g/mol. The fourth-order valence-electron chi connectivity index (χ4n) is 2.31. The molecule has 2 N–H and O–H groups in total. The van der Waals surface area contributed by atoms with Crippen molar-refractivity contribution in [3.05, 3.63) is 53.6 Å². The Morgan fingerprint density at radius 1 is 1.27 bits per heavy atom. The zero-order chi connectivity index (χ0) is 16.0. The number of halogens is 4. The summed E-state index contributed by atoms with van der Waals surface area (Å²) in [6.07, 6.45) is -3.46. The van der Waals surface area contributed by atoms with Crippen LogP contribution in [-0.2, 0) is 5.54 Å². The van der Waals surface area contributed by atoms with Crippen molar-refractivity contribution in [1.82, 2.24) is 4.98 Å². The summed E-state index contributed by atoms with van der Waals surface area (Å²) in [5.74, 6) is -1.62. The molecule has 1 aliphatic heterocycles. The van der Waals surface area contributed by atoms with Crippen LogP contribution in [0.5, 0.6) is 11.5 Å². The van der Waals surface area contributed by atoms with Gasteiger partial charge in [0.15, 0.2) is 11.6 Å². The topological polar surface area (TPSA) is 57.4 Å². The van der Waals surface area contributed by atoms with Crippen LogP contribution in [0.3, 0.4) is 0 Å². The molecule has 1 aromatic heterocycles. The molecule has 0 aliphatic carbocycles. The van der Waals surface area contributed by atoms with Crippen LogP contribution in [0.2, 0.25) is 0 Å². The maximum atomic E-state index is 13.8. The van der Waals surface area contributed by atoms with Gasteiger partial charge in [-0.25, -0.2) is 4.39 Å². The molecule has 2 heterocycles. The number of pyridine rings is 1. The molecule has 0 spiro atoms. The van der Waals surface area contributed by atoms with Crippen molar-refractivity contribution in [2.24, 2.45) is 5.73 Å². The number of hydrogen-bond acceptors (Lipinski definition) is 4. The zero-order valence-corrected chi connectivity index (χ0v) is 11.0. The standard InChI is InChI=1S/C14H10F4N2O2/c15-9-6-8(3-4-10(9)22-14(16,17)18)13(19)7-21-11-2-1-5-20-12(11)13/h1-6H,7,19H2. The summed E-state index contributed by atoms with van der Waals surface area (Å²) in [5, 5.41) is 0. The Morgan fingerprint density at radius 3 is 2.73 bits per heavy atom. The van der Waals surface area contributed by atoms with Crippen LogP contribution < -0.4 is 15.2 Å². The number of rotatable bonds is 2. The van der Waals surface area contributed by atoms with E-state index in [1.807, 2.05) is 0 Å². The molecule has 0 fully saturated rings. The highest BCUT2D eigenvalue weighted by molar-refractivity contribution is 5.47. The first kappa shape index (κ1) is 14.6. The molecule has 1 atom stereocenters. The van der Waals surface area contributed by atoms with Gasteiger partial charge in [-0.15, -0.1) is 13.2 Å². The minimum absolute atomic E-state index is 0.0122. The number of nitrogens with zero attached hydrogens (tertiary/aromatic N) is 1. The third kappa shape index (κ3) is 2.45. The van der Waals surface area contributed by atoms with Crippen LogP contribution in [-0.4, -0.2) is 18.0 Å². The lowest BCUT2D eigenvalue weighted by molar-refractivity contribution is -0.275. The molecule has 0 radical (unpaired) electrons. The van der Waals surface area contributed by atoms with Gasteiger partial charge in [-0.1, -0.05) is 6.07 Å². The summed E-state index contributed by atoms with van der Waals surface area (Å²) in [7, 11) is 0. The summed E-state index contributed by atoms with van der Waals surface area (Å²) < 4.78 is 59.3. The van der Waals surface area contributed by atoms with Crippen molar-refractivity contribution in [3.63, 3.8) is 0 Å². The molecular weight excluding hydrogens is 304 g/mol. The molecule has 1 unspecified atom stereocenters. The van der Waals surface area contributed by atoms with Crippen LogP contribution in [0.1, 0.15) is 11.3 Å². The first-order chi connectivity index (χ1) is 10.3. The molecule has 3 rings (SSSR count). The van der Waals surface area contributed by atoms with E-state index in [1.165, 1.54) is 12.3 Å².